The lowest BCUT2D eigenvalue weighted by Crippen LogP contribution is -2.46. The summed E-state index contributed by atoms with van der Waals surface area (Å²) in [6, 6.07) is 0. The molecule has 0 aromatic carbocycles. The number of hydrogen-bond acceptors (Lipinski definition) is 7. The predicted molar refractivity (Wildman–Crippen MR) is 116 cm³/mol. The van der Waals surface area contributed by atoms with Crippen LogP contribution in [0.5, 0.6) is 0 Å². The summed E-state index contributed by atoms with van der Waals surface area (Å²) in [5.74, 6) is 0.0712. The highest BCUT2D eigenvalue weighted by atomic mass is 28.4. The van der Waals surface area contributed by atoms with E-state index in [2.05, 4.69) is 54.1 Å². The van der Waals surface area contributed by atoms with Crippen molar-refractivity contribution in [1.82, 2.24) is 19.5 Å². The van der Waals surface area contributed by atoms with Crippen molar-refractivity contribution >= 4 is 31.2 Å². The number of nitrogens with one attached hydrogen (secondary N) is 1. The first-order valence-corrected chi connectivity index (χ1v) is 13.3. The molecule has 1 aliphatic rings. The van der Waals surface area contributed by atoms with Crippen molar-refractivity contribution in [2.75, 3.05) is 11.9 Å². The Morgan fingerprint density at radius 2 is 2.07 bits per heavy atom. The average Bonchev–Trinajstić information content (AvgIpc) is 3.24. The van der Waals surface area contributed by atoms with E-state index in [0.29, 0.717) is 23.4 Å². The zero-order valence-electron chi connectivity index (χ0n) is 18.8. The Morgan fingerprint density at radius 1 is 1.37 bits per heavy atom. The first-order chi connectivity index (χ1) is 13.9. The summed E-state index contributed by atoms with van der Waals surface area (Å²) in [6.07, 6.45) is 2.63. The van der Waals surface area contributed by atoms with Gasteiger partial charge >= 0.3 is 0 Å². The zero-order valence-corrected chi connectivity index (χ0v) is 19.8. The van der Waals surface area contributed by atoms with Gasteiger partial charge in [-0.3, -0.25) is 9.36 Å². The molecule has 1 saturated heterocycles. The van der Waals surface area contributed by atoms with Gasteiger partial charge in [-0.1, -0.05) is 34.6 Å². The van der Waals surface area contributed by atoms with Gasteiger partial charge in [-0.05, 0) is 18.1 Å². The van der Waals surface area contributed by atoms with Crippen LogP contribution >= 0.6 is 0 Å². The van der Waals surface area contributed by atoms with Crippen molar-refractivity contribution in [3.05, 3.63) is 12.7 Å². The van der Waals surface area contributed by atoms with E-state index < -0.39 is 14.4 Å². The Morgan fingerprint density at radius 3 is 2.67 bits per heavy atom. The number of imidazole rings is 1. The van der Waals surface area contributed by atoms with Gasteiger partial charge in [0.25, 0.3) is 0 Å². The minimum absolute atomic E-state index is 0.0591. The van der Waals surface area contributed by atoms with Gasteiger partial charge in [-0.2, -0.15) is 0 Å². The predicted octanol–water partition coefficient (Wildman–Crippen LogP) is 3.09. The summed E-state index contributed by atoms with van der Waals surface area (Å²) in [7, 11) is -2.02. The highest BCUT2D eigenvalue weighted by Gasteiger charge is 2.45. The summed E-state index contributed by atoms with van der Waals surface area (Å²) < 4.78 is 14.5. The summed E-state index contributed by atoms with van der Waals surface area (Å²) in [5.41, 5.74) is 1.07. The van der Waals surface area contributed by atoms with E-state index >= 15 is 0 Å². The van der Waals surface area contributed by atoms with Gasteiger partial charge in [0.1, 0.15) is 18.7 Å². The van der Waals surface area contributed by atoms with Gasteiger partial charge in [-0.25, -0.2) is 15.0 Å². The lowest BCUT2D eigenvalue weighted by atomic mass is 10.2. The molecule has 0 aliphatic carbocycles. The van der Waals surface area contributed by atoms with Crippen molar-refractivity contribution in [3.8, 4) is 0 Å². The summed E-state index contributed by atoms with van der Waals surface area (Å²) >= 11 is 0. The largest absolute Gasteiger partial charge is 0.411 e. The molecule has 9 nitrogen and oxygen atoms in total. The molecule has 1 fully saturated rings. The molecule has 0 spiro atoms. The van der Waals surface area contributed by atoms with Crippen LogP contribution in [0, 0.1) is 5.92 Å². The molecule has 2 N–H and O–H groups in total. The lowest BCUT2D eigenvalue weighted by Gasteiger charge is -2.39. The van der Waals surface area contributed by atoms with Crippen molar-refractivity contribution < 1.29 is 19.1 Å². The number of ether oxygens (including phenoxy) is 1. The molecule has 2 aromatic heterocycles. The first-order valence-electron chi connectivity index (χ1n) is 10.4. The number of nitrogens with zero attached hydrogens (tertiary/aromatic N) is 4. The van der Waals surface area contributed by atoms with E-state index in [4.69, 9.17) is 9.16 Å². The zero-order chi connectivity index (χ0) is 22.3. The number of fused-ring (bicyclic) bond motifs is 1. The number of aliphatic hydroxyl groups excluding tert-OH is 1. The maximum absolute atomic E-state index is 12.1. The van der Waals surface area contributed by atoms with Gasteiger partial charge in [0.15, 0.2) is 25.3 Å². The standard InChI is InChI=1S/C20H33N5O4Si/c1-12(2)19(27)24-17-16-18(22-10-21-17)25(11-23-16)15-8-13(14(9-26)28-15)29-30(6,7)20(3,4)5/h10-15,26H,8-9H2,1-7H3,(H,21,22,24,27)/t13?,14-,15-/m1/s1. The number of amides is 1. The van der Waals surface area contributed by atoms with E-state index in [1.807, 2.05) is 18.4 Å². The van der Waals surface area contributed by atoms with Crippen LogP contribution in [0.4, 0.5) is 5.82 Å². The molecule has 0 radical (unpaired) electrons. The van der Waals surface area contributed by atoms with Crippen LogP contribution in [0.25, 0.3) is 11.2 Å². The summed E-state index contributed by atoms with van der Waals surface area (Å²) in [6.45, 7) is 14.5. The van der Waals surface area contributed by atoms with Gasteiger partial charge in [0.2, 0.25) is 5.91 Å². The maximum Gasteiger partial charge on any atom is 0.228 e. The molecule has 3 atom stereocenters. The third-order valence-electron chi connectivity index (χ3n) is 6.05. The maximum atomic E-state index is 12.1. The molecule has 30 heavy (non-hydrogen) atoms. The molecule has 166 valence electrons. The van der Waals surface area contributed by atoms with Crippen LogP contribution in [0.15, 0.2) is 12.7 Å². The highest BCUT2D eigenvalue weighted by Crippen LogP contribution is 2.41. The summed E-state index contributed by atoms with van der Waals surface area (Å²) in [5, 5.41) is 12.7. The smallest absolute Gasteiger partial charge is 0.228 e. The molecule has 1 aliphatic heterocycles. The van der Waals surface area contributed by atoms with E-state index in [-0.39, 0.29) is 35.8 Å². The number of aromatic nitrogens is 4. The van der Waals surface area contributed by atoms with E-state index in [1.54, 1.807) is 6.33 Å². The van der Waals surface area contributed by atoms with Crippen molar-refractivity contribution in [3.63, 3.8) is 0 Å². The normalized spacial score (nSPS) is 22.8. The van der Waals surface area contributed by atoms with Gasteiger partial charge in [-0.15, -0.1) is 0 Å². The Hall–Kier alpha value is -1.88. The number of carbonyl (C=O) groups excluding carboxylic acids is 1. The number of anilines is 1. The average molecular weight is 436 g/mol. The second-order valence-corrected chi connectivity index (χ2v) is 14.4. The number of rotatable bonds is 6. The van der Waals surface area contributed by atoms with Crippen molar-refractivity contribution in [1.29, 1.82) is 0 Å². The van der Waals surface area contributed by atoms with Gasteiger partial charge in [0, 0.05) is 12.3 Å². The molecule has 3 rings (SSSR count). The van der Waals surface area contributed by atoms with Gasteiger partial charge in [0.05, 0.1) is 19.0 Å². The molecule has 10 heteroatoms. The van der Waals surface area contributed by atoms with E-state index in [0.717, 1.165) is 0 Å². The van der Waals surface area contributed by atoms with Crippen LogP contribution in [0.1, 0.15) is 47.3 Å². The Balaban J connectivity index is 1.85. The van der Waals surface area contributed by atoms with E-state index in [9.17, 15) is 9.90 Å². The minimum atomic E-state index is -2.02. The van der Waals surface area contributed by atoms with Crippen molar-refractivity contribution in [2.45, 2.75) is 77.6 Å². The fourth-order valence-corrected chi connectivity index (χ4v) is 4.49. The molecule has 3 heterocycles. The fraction of sp³-hybridized carbons (Fsp3) is 0.700. The number of carbonyl (C=O) groups is 1. The molecular weight excluding hydrogens is 402 g/mol. The molecule has 1 amide bonds. The molecule has 1 unspecified atom stereocenters. The molecular formula is C20H33N5O4Si. The first kappa shape index (κ1) is 22.8. The summed E-state index contributed by atoms with van der Waals surface area (Å²) in [4.78, 5) is 25.0. The molecule has 2 aromatic rings. The Kier molecular flexibility index (Phi) is 6.33. The SMILES string of the molecule is CC(C)C(=O)Nc1ncnc2c1ncn2[C@H]1CC(O[Si](C)(C)C(C)(C)C)[C@@H](CO)O1. The molecule has 0 bridgehead atoms. The van der Waals surface area contributed by atoms with Crippen LogP contribution in [0.3, 0.4) is 0 Å². The van der Waals surface area contributed by atoms with E-state index in [1.165, 1.54) is 6.33 Å². The van der Waals surface area contributed by atoms with Crippen molar-refractivity contribution in [2.24, 2.45) is 5.92 Å². The van der Waals surface area contributed by atoms with Gasteiger partial charge < -0.3 is 19.6 Å². The van der Waals surface area contributed by atoms with Crippen LogP contribution in [-0.2, 0) is 14.0 Å². The Bertz CT molecular complexity index is 908. The highest BCUT2D eigenvalue weighted by molar-refractivity contribution is 6.74. The third-order valence-corrected chi connectivity index (χ3v) is 10.6. The molecule has 0 saturated carbocycles. The lowest BCUT2D eigenvalue weighted by molar-refractivity contribution is -0.118. The topological polar surface area (TPSA) is 111 Å². The number of hydrogen-bond donors (Lipinski definition) is 2. The second-order valence-electron chi connectivity index (χ2n) is 9.65. The van der Waals surface area contributed by atoms with Crippen LogP contribution in [-0.4, -0.2) is 57.7 Å². The second kappa shape index (κ2) is 8.33. The number of aliphatic hydroxyl groups is 1. The fourth-order valence-electron chi connectivity index (χ4n) is 3.13. The minimum Gasteiger partial charge on any atom is -0.411 e. The quantitative estimate of drug-likeness (QED) is 0.671. The van der Waals surface area contributed by atoms with Crippen LogP contribution < -0.4 is 5.32 Å². The van der Waals surface area contributed by atoms with Crippen LogP contribution in [0.2, 0.25) is 18.1 Å². The monoisotopic (exact) mass is 435 g/mol. The Labute approximate surface area is 178 Å². The third kappa shape index (κ3) is 4.41.